The lowest BCUT2D eigenvalue weighted by Gasteiger charge is -2.11. The molecule has 2 N–H and O–H groups in total. The second kappa shape index (κ2) is 10.4. The Kier molecular flexibility index (Phi) is 7.21. The van der Waals surface area contributed by atoms with Gasteiger partial charge >= 0.3 is 0 Å². The number of rotatable bonds is 10. The van der Waals surface area contributed by atoms with Gasteiger partial charge in [0.2, 0.25) is 15.2 Å². The van der Waals surface area contributed by atoms with Gasteiger partial charge < -0.3 is 4.74 Å². The monoisotopic (exact) mass is 550 g/mol. The van der Waals surface area contributed by atoms with Crippen LogP contribution in [0.1, 0.15) is 60.9 Å². The molecule has 0 amide bonds. The van der Waals surface area contributed by atoms with Crippen molar-refractivity contribution in [1.82, 2.24) is 14.8 Å². The molecule has 38 heavy (non-hydrogen) atoms. The van der Waals surface area contributed by atoms with Crippen LogP contribution in [-0.2, 0) is 22.9 Å². The number of ketones is 1. The van der Waals surface area contributed by atoms with Gasteiger partial charge in [0.15, 0.2) is 5.78 Å². The van der Waals surface area contributed by atoms with E-state index in [9.17, 15) is 13.2 Å². The molecule has 2 aromatic heterocycles. The summed E-state index contributed by atoms with van der Waals surface area (Å²) < 4.78 is 31.4. The van der Waals surface area contributed by atoms with Gasteiger partial charge in [0, 0.05) is 29.9 Å². The number of ether oxygens (including phenoxy) is 1. The Morgan fingerprint density at radius 2 is 1.92 bits per heavy atom. The van der Waals surface area contributed by atoms with Crippen molar-refractivity contribution in [3.05, 3.63) is 76.4 Å². The third kappa shape index (κ3) is 5.87. The Labute approximate surface area is 226 Å². The summed E-state index contributed by atoms with van der Waals surface area (Å²) in [6.45, 7) is 5.48. The Bertz CT molecular complexity index is 1580. The smallest absolute Gasteiger partial charge is 0.238 e. The summed E-state index contributed by atoms with van der Waals surface area (Å²) in [5, 5.41) is 12.8. The minimum atomic E-state index is -3.78. The van der Waals surface area contributed by atoms with Crippen LogP contribution in [0.3, 0.4) is 0 Å². The number of nitrogens with zero attached hydrogens (tertiary/aromatic N) is 3. The molecule has 10 heteroatoms. The molecule has 0 radical (unpaired) electrons. The molecule has 1 aliphatic carbocycles. The molecule has 1 aliphatic rings. The largest absolute Gasteiger partial charge is 0.491 e. The lowest BCUT2D eigenvalue weighted by atomic mass is 9.97. The number of hydrogen-bond acceptors (Lipinski definition) is 7. The van der Waals surface area contributed by atoms with E-state index in [1.165, 1.54) is 30.4 Å². The second-order valence-corrected chi connectivity index (χ2v) is 12.4. The van der Waals surface area contributed by atoms with Crippen LogP contribution in [0, 0.1) is 5.92 Å². The van der Waals surface area contributed by atoms with Gasteiger partial charge in [-0.15, -0.1) is 11.3 Å². The van der Waals surface area contributed by atoms with Crippen molar-refractivity contribution in [3.63, 3.8) is 0 Å². The zero-order valence-electron chi connectivity index (χ0n) is 21.5. The van der Waals surface area contributed by atoms with Crippen LogP contribution in [0.4, 0.5) is 0 Å². The average molecular weight is 551 g/mol. The highest BCUT2D eigenvalue weighted by molar-refractivity contribution is 7.89. The second-order valence-electron chi connectivity index (χ2n) is 9.96. The standard InChI is InChI=1S/C28H30N4O4S2/c1-17(2)36-22-6-4-5-21(15-22)27-24(13-19-9-11-23(12-10-19)38(29,34)35)26(14-20-7-8-20)32(31-27)28-30-25(16-37-28)18(3)33/h4-6,9-12,15-17,20H,7-8,13-14H2,1-3H3,(H2,29,34,35). The van der Waals surface area contributed by atoms with E-state index >= 15 is 0 Å². The highest BCUT2D eigenvalue weighted by atomic mass is 32.2. The molecule has 198 valence electrons. The Balaban J connectivity index is 1.65. The number of nitrogens with two attached hydrogens (primary N) is 1. The predicted molar refractivity (Wildman–Crippen MR) is 147 cm³/mol. The molecular formula is C28H30N4O4S2. The SMILES string of the molecule is CC(=O)c1csc(-n2nc(-c3cccc(OC(C)C)c3)c(Cc3ccc(S(N)(=O)=O)cc3)c2CC2CC2)n1. The Morgan fingerprint density at radius 3 is 2.53 bits per heavy atom. The van der Waals surface area contributed by atoms with Crippen molar-refractivity contribution < 1.29 is 17.9 Å². The van der Waals surface area contributed by atoms with Gasteiger partial charge in [-0.3, -0.25) is 4.79 Å². The minimum Gasteiger partial charge on any atom is -0.491 e. The number of hydrogen-bond donors (Lipinski definition) is 1. The Hall–Kier alpha value is -3.34. The molecule has 4 aromatic rings. The molecule has 8 nitrogen and oxygen atoms in total. The fourth-order valence-electron chi connectivity index (χ4n) is 4.38. The van der Waals surface area contributed by atoms with Crippen molar-refractivity contribution in [3.8, 4) is 22.1 Å². The number of primary sulfonamides is 1. The first-order valence-electron chi connectivity index (χ1n) is 12.5. The van der Waals surface area contributed by atoms with Gasteiger partial charge in [0.25, 0.3) is 0 Å². The van der Waals surface area contributed by atoms with Gasteiger partial charge in [-0.2, -0.15) is 5.10 Å². The number of aromatic nitrogens is 3. The van der Waals surface area contributed by atoms with E-state index in [1.54, 1.807) is 17.5 Å². The van der Waals surface area contributed by atoms with Crippen LogP contribution in [0.2, 0.25) is 0 Å². The maximum absolute atomic E-state index is 12.0. The summed E-state index contributed by atoms with van der Waals surface area (Å²) in [6, 6.07) is 14.5. The lowest BCUT2D eigenvalue weighted by Crippen LogP contribution is -2.12. The number of benzene rings is 2. The number of carbonyl (C=O) groups is 1. The molecular weight excluding hydrogens is 520 g/mol. The highest BCUT2D eigenvalue weighted by Gasteiger charge is 2.29. The molecule has 0 aliphatic heterocycles. The molecule has 1 saturated carbocycles. The van der Waals surface area contributed by atoms with E-state index in [0.29, 0.717) is 23.2 Å². The van der Waals surface area contributed by atoms with E-state index < -0.39 is 10.0 Å². The van der Waals surface area contributed by atoms with Crippen LogP contribution in [0.15, 0.2) is 58.8 Å². The zero-order chi connectivity index (χ0) is 27.0. The van der Waals surface area contributed by atoms with Crippen LogP contribution < -0.4 is 9.88 Å². The first kappa shape index (κ1) is 26.3. The minimum absolute atomic E-state index is 0.0327. The lowest BCUT2D eigenvalue weighted by molar-refractivity contribution is 0.101. The van der Waals surface area contributed by atoms with Crippen molar-refractivity contribution in [2.75, 3.05) is 0 Å². The number of carbonyl (C=O) groups excluding carboxylic acids is 1. The molecule has 2 aromatic carbocycles. The first-order valence-corrected chi connectivity index (χ1v) is 15.0. The summed E-state index contributed by atoms with van der Waals surface area (Å²) in [6.07, 6.45) is 3.75. The third-order valence-corrected chi connectivity index (χ3v) is 8.16. The summed E-state index contributed by atoms with van der Waals surface area (Å²) >= 11 is 1.40. The van der Waals surface area contributed by atoms with Gasteiger partial charge in [0.1, 0.15) is 11.4 Å². The molecule has 0 bridgehead atoms. The fraction of sp³-hybridized carbons (Fsp3) is 0.321. The highest BCUT2D eigenvalue weighted by Crippen LogP contribution is 2.38. The summed E-state index contributed by atoms with van der Waals surface area (Å²) in [4.78, 5) is 16.6. The van der Waals surface area contributed by atoms with Crippen molar-refractivity contribution in [2.24, 2.45) is 11.1 Å². The zero-order valence-corrected chi connectivity index (χ0v) is 23.2. The molecule has 0 spiro atoms. The van der Waals surface area contributed by atoms with E-state index in [-0.39, 0.29) is 16.8 Å². The maximum atomic E-state index is 12.0. The average Bonchev–Trinajstić information content (AvgIpc) is 3.41. The summed E-state index contributed by atoms with van der Waals surface area (Å²) in [7, 11) is -3.78. The molecule has 0 saturated heterocycles. The molecule has 2 heterocycles. The van der Waals surface area contributed by atoms with E-state index in [4.69, 9.17) is 15.0 Å². The third-order valence-electron chi connectivity index (χ3n) is 6.41. The van der Waals surface area contributed by atoms with Crippen LogP contribution >= 0.6 is 11.3 Å². The van der Waals surface area contributed by atoms with Crippen LogP contribution in [0.5, 0.6) is 5.75 Å². The predicted octanol–water partition coefficient (Wildman–Crippen LogP) is 5.18. The van der Waals surface area contributed by atoms with E-state index in [2.05, 4.69) is 4.98 Å². The van der Waals surface area contributed by atoms with Gasteiger partial charge in [-0.1, -0.05) is 24.3 Å². The Morgan fingerprint density at radius 1 is 1.18 bits per heavy atom. The van der Waals surface area contributed by atoms with E-state index in [1.807, 2.05) is 42.8 Å². The van der Waals surface area contributed by atoms with Crippen molar-refractivity contribution in [1.29, 1.82) is 0 Å². The molecule has 1 fully saturated rings. The number of sulfonamides is 1. The molecule has 0 atom stereocenters. The first-order chi connectivity index (χ1) is 18.1. The van der Waals surface area contributed by atoms with Gasteiger partial charge in [-0.25, -0.2) is 23.2 Å². The van der Waals surface area contributed by atoms with Crippen molar-refractivity contribution >= 4 is 27.1 Å². The van der Waals surface area contributed by atoms with E-state index in [0.717, 1.165) is 53.1 Å². The van der Waals surface area contributed by atoms with Gasteiger partial charge in [0.05, 0.1) is 22.4 Å². The topological polar surface area (TPSA) is 117 Å². The summed E-state index contributed by atoms with van der Waals surface area (Å²) in [5.74, 6) is 1.24. The fourth-order valence-corrected chi connectivity index (χ4v) is 5.73. The quantitative estimate of drug-likeness (QED) is 0.272. The molecule has 0 unspecified atom stereocenters. The van der Waals surface area contributed by atoms with Crippen molar-refractivity contribution in [2.45, 2.75) is 57.5 Å². The number of thiazole rings is 1. The van der Waals surface area contributed by atoms with Crippen LogP contribution in [0.25, 0.3) is 16.4 Å². The molecule has 5 rings (SSSR count). The number of Topliss-reactive ketones (excluding diaryl/α,β-unsaturated/α-hetero) is 1. The maximum Gasteiger partial charge on any atom is 0.238 e. The van der Waals surface area contributed by atoms with Crippen LogP contribution in [-0.4, -0.2) is 35.1 Å². The summed E-state index contributed by atoms with van der Waals surface area (Å²) in [5.41, 5.74) is 5.18. The van der Waals surface area contributed by atoms with Gasteiger partial charge in [-0.05, 0) is 68.9 Å². The normalized spacial score (nSPS) is 13.7.